The summed E-state index contributed by atoms with van der Waals surface area (Å²) in [5.74, 6) is -2.24. The number of hydrogen-bond donors (Lipinski definition) is 0. The fraction of sp³-hybridized carbons (Fsp3) is 0.125. The van der Waals surface area contributed by atoms with Gasteiger partial charge in [-0.1, -0.05) is 59.7 Å². The summed E-state index contributed by atoms with van der Waals surface area (Å²) in [6, 6.07) is 13.3. The monoisotopic (exact) mass is 334 g/mol. The van der Waals surface area contributed by atoms with E-state index in [0.29, 0.717) is 0 Å². The van der Waals surface area contributed by atoms with Crippen LogP contribution in [-0.2, 0) is 19.5 Å². The van der Waals surface area contributed by atoms with Crippen molar-refractivity contribution in [1.29, 1.82) is 0 Å². The molecule has 0 aromatic heterocycles. The minimum Gasteiger partial charge on any atom is -0.545 e. The van der Waals surface area contributed by atoms with Crippen LogP contribution in [0.5, 0.6) is 0 Å². The Bertz CT molecular complexity index is 568. The third-order valence-corrected chi connectivity index (χ3v) is 2.51. The third kappa shape index (κ3) is 6.82. The molecule has 0 spiro atoms. The predicted octanol–water partition coefficient (Wildman–Crippen LogP) is 0.715. The van der Waals surface area contributed by atoms with E-state index in [9.17, 15) is 19.8 Å². The van der Waals surface area contributed by atoms with Gasteiger partial charge in [-0.2, -0.15) is 0 Å². The summed E-state index contributed by atoms with van der Waals surface area (Å²) in [6.07, 6.45) is 0. The van der Waals surface area contributed by atoms with Crippen molar-refractivity contribution in [1.82, 2.24) is 0 Å². The molecule has 5 heteroatoms. The van der Waals surface area contributed by atoms with Gasteiger partial charge >= 0.3 is 19.5 Å². The SMILES string of the molecule is Cc1cccc(C(=O)[O-])c1.Cc1cccc(C(=O)[O-])c1.[Zn+2]. The maximum absolute atomic E-state index is 10.2. The fourth-order valence-corrected chi connectivity index (χ4v) is 1.54. The Morgan fingerprint density at radius 3 is 1.29 bits per heavy atom. The molecule has 0 aliphatic carbocycles. The normalized spacial score (nSPS) is 8.86. The molecule has 0 fully saturated rings. The Hall–Kier alpha value is -2.00. The average molecular weight is 336 g/mol. The number of benzene rings is 2. The average Bonchev–Trinajstić information content (AvgIpc) is 2.39. The molecule has 2 rings (SSSR count). The molecule has 104 valence electrons. The van der Waals surface area contributed by atoms with Gasteiger partial charge in [-0.05, 0) is 25.0 Å². The van der Waals surface area contributed by atoms with Crippen molar-refractivity contribution in [2.24, 2.45) is 0 Å². The van der Waals surface area contributed by atoms with Crippen LogP contribution in [0.4, 0.5) is 0 Å². The van der Waals surface area contributed by atoms with Crippen molar-refractivity contribution >= 4 is 11.9 Å². The van der Waals surface area contributed by atoms with Crippen LogP contribution in [0.25, 0.3) is 0 Å². The number of carbonyl (C=O) groups excluding carboxylic acids is 2. The predicted molar refractivity (Wildman–Crippen MR) is 71.0 cm³/mol. The minimum absolute atomic E-state index is 0. The second-order valence-corrected chi connectivity index (χ2v) is 4.31. The standard InChI is InChI=1S/2C8H8O2.Zn/c2*1-6-3-2-4-7(5-6)8(9)10;/h2*2-5H,1H3,(H,9,10);/q;;+2/p-2. The molecule has 0 aliphatic rings. The van der Waals surface area contributed by atoms with Crippen molar-refractivity contribution in [2.75, 3.05) is 0 Å². The molecule has 0 radical (unpaired) electrons. The largest absolute Gasteiger partial charge is 2.00 e. The zero-order valence-electron chi connectivity index (χ0n) is 12.0. The number of carboxylic acid groups (broad SMARTS) is 2. The molecule has 2 aromatic carbocycles. The smallest absolute Gasteiger partial charge is 0.545 e. The molecule has 0 heterocycles. The quantitative estimate of drug-likeness (QED) is 0.757. The van der Waals surface area contributed by atoms with Crippen LogP contribution in [0.2, 0.25) is 0 Å². The van der Waals surface area contributed by atoms with Crippen molar-refractivity contribution in [2.45, 2.75) is 13.8 Å². The number of carbonyl (C=O) groups is 2. The first-order chi connectivity index (χ1) is 9.40. The molecule has 4 nitrogen and oxygen atoms in total. The van der Waals surface area contributed by atoms with Crippen LogP contribution in [-0.4, -0.2) is 11.9 Å². The van der Waals surface area contributed by atoms with E-state index >= 15 is 0 Å². The van der Waals surface area contributed by atoms with Crippen LogP contribution >= 0.6 is 0 Å². The number of rotatable bonds is 2. The van der Waals surface area contributed by atoms with E-state index in [1.54, 1.807) is 24.3 Å². The Labute approximate surface area is 136 Å². The molecule has 0 N–H and O–H groups in total. The molecular weight excluding hydrogens is 322 g/mol. The van der Waals surface area contributed by atoms with Gasteiger partial charge in [-0.3, -0.25) is 0 Å². The molecule has 0 aliphatic heterocycles. The first-order valence-corrected chi connectivity index (χ1v) is 5.96. The molecule has 0 saturated heterocycles. The summed E-state index contributed by atoms with van der Waals surface area (Å²) in [7, 11) is 0. The molecule has 0 atom stereocenters. The van der Waals surface area contributed by atoms with E-state index in [0.717, 1.165) is 11.1 Å². The van der Waals surface area contributed by atoms with Gasteiger partial charge in [0.15, 0.2) is 0 Å². The zero-order chi connectivity index (χ0) is 15.1. The van der Waals surface area contributed by atoms with Gasteiger partial charge in [0.2, 0.25) is 0 Å². The molecule has 0 saturated carbocycles. The van der Waals surface area contributed by atoms with Gasteiger partial charge in [0, 0.05) is 0 Å². The number of aromatic carboxylic acids is 2. The summed E-state index contributed by atoms with van der Waals surface area (Å²) < 4.78 is 0. The van der Waals surface area contributed by atoms with Gasteiger partial charge in [0.05, 0.1) is 11.9 Å². The number of aryl methyl sites for hydroxylation is 2. The molecule has 0 bridgehead atoms. The van der Waals surface area contributed by atoms with Gasteiger partial charge < -0.3 is 19.8 Å². The Balaban J connectivity index is 0.000000364. The van der Waals surface area contributed by atoms with Crippen LogP contribution in [0.3, 0.4) is 0 Å². The van der Waals surface area contributed by atoms with Crippen molar-refractivity contribution < 1.29 is 39.3 Å². The zero-order valence-corrected chi connectivity index (χ0v) is 14.9. The first-order valence-electron chi connectivity index (χ1n) is 5.96. The van der Waals surface area contributed by atoms with Crippen molar-refractivity contribution in [3.05, 3.63) is 70.8 Å². The van der Waals surface area contributed by atoms with E-state index in [-0.39, 0.29) is 30.6 Å². The van der Waals surface area contributed by atoms with E-state index in [2.05, 4.69) is 0 Å². The van der Waals surface area contributed by atoms with Crippen LogP contribution in [0.1, 0.15) is 31.8 Å². The second kappa shape index (κ2) is 9.03. The Kier molecular flexibility index (Phi) is 8.18. The first kappa shape index (κ1) is 19.0. The summed E-state index contributed by atoms with van der Waals surface area (Å²) >= 11 is 0. The summed E-state index contributed by atoms with van der Waals surface area (Å²) in [5, 5.41) is 20.5. The van der Waals surface area contributed by atoms with Crippen molar-refractivity contribution in [3.63, 3.8) is 0 Å². The van der Waals surface area contributed by atoms with Gasteiger partial charge in [-0.25, -0.2) is 0 Å². The summed E-state index contributed by atoms with van der Waals surface area (Å²) in [4.78, 5) is 20.5. The van der Waals surface area contributed by atoms with Crippen LogP contribution < -0.4 is 10.2 Å². The second-order valence-electron chi connectivity index (χ2n) is 4.31. The van der Waals surface area contributed by atoms with Crippen molar-refractivity contribution in [3.8, 4) is 0 Å². The minimum atomic E-state index is -1.12. The number of carboxylic acids is 2. The van der Waals surface area contributed by atoms with Crippen LogP contribution in [0.15, 0.2) is 48.5 Å². The summed E-state index contributed by atoms with van der Waals surface area (Å²) in [5.41, 5.74) is 2.34. The third-order valence-electron chi connectivity index (χ3n) is 2.51. The Morgan fingerprint density at radius 1 is 0.762 bits per heavy atom. The molecular formula is C16H14O4Zn. The van der Waals surface area contributed by atoms with Gasteiger partial charge in [-0.15, -0.1) is 0 Å². The Morgan fingerprint density at radius 2 is 1.10 bits per heavy atom. The maximum atomic E-state index is 10.2. The number of hydrogen-bond acceptors (Lipinski definition) is 4. The van der Waals surface area contributed by atoms with Gasteiger partial charge in [0.1, 0.15) is 0 Å². The topological polar surface area (TPSA) is 80.3 Å². The van der Waals surface area contributed by atoms with E-state index < -0.39 is 11.9 Å². The maximum Gasteiger partial charge on any atom is 2.00 e. The van der Waals surface area contributed by atoms with E-state index in [1.807, 2.05) is 26.0 Å². The van der Waals surface area contributed by atoms with Crippen LogP contribution in [0, 0.1) is 13.8 Å². The van der Waals surface area contributed by atoms with E-state index in [1.165, 1.54) is 12.1 Å². The summed E-state index contributed by atoms with van der Waals surface area (Å²) in [6.45, 7) is 3.68. The molecule has 0 amide bonds. The van der Waals surface area contributed by atoms with E-state index in [4.69, 9.17) is 0 Å². The molecule has 2 aromatic rings. The molecule has 0 unspecified atom stereocenters. The van der Waals surface area contributed by atoms with Gasteiger partial charge in [0.25, 0.3) is 0 Å². The molecule has 21 heavy (non-hydrogen) atoms. The fourth-order valence-electron chi connectivity index (χ4n) is 1.54.